The van der Waals surface area contributed by atoms with Gasteiger partial charge in [0.25, 0.3) is 6.01 Å². The Labute approximate surface area is 126 Å². The van der Waals surface area contributed by atoms with Crippen LogP contribution in [0.5, 0.6) is 5.75 Å². The first-order chi connectivity index (χ1) is 10.8. The van der Waals surface area contributed by atoms with E-state index in [1.165, 1.54) is 12.1 Å². The second-order valence-electron chi connectivity index (χ2n) is 5.36. The minimum absolute atomic E-state index is 0.0822. The molecular weight excluding hydrogens is 283 g/mol. The van der Waals surface area contributed by atoms with Crippen molar-refractivity contribution in [2.75, 3.05) is 11.9 Å². The number of halogens is 1. The number of fused-ring (bicyclic) bond motifs is 2. The topological polar surface area (TPSA) is 47.3 Å². The number of anilines is 1. The van der Waals surface area contributed by atoms with Gasteiger partial charge in [0.05, 0.1) is 12.6 Å². The number of hydrogen-bond donors (Lipinski definition) is 1. The SMILES string of the molecule is Fc1ccc2c(c1)C(Nc1nc3ccccc3o1)CCCO2. The van der Waals surface area contributed by atoms with E-state index in [9.17, 15) is 4.39 Å². The summed E-state index contributed by atoms with van der Waals surface area (Å²) in [7, 11) is 0. The Balaban J connectivity index is 1.68. The van der Waals surface area contributed by atoms with Gasteiger partial charge in [-0.15, -0.1) is 0 Å². The molecular formula is C17H15FN2O2. The van der Waals surface area contributed by atoms with Gasteiger partial charge in [-0.1, -0.05) is 12.1 Å². The minimum atomic E-state index is -0.270. The fourth-order valence-corrected chi connectivity index (χ4v) is 2.78. The van der Waals surface area contributed by atoms with Gasteiger partial charge < -0.3 is 14.5 Å². The van der Waals surface area contributed by atoms with Crippen LogP contribution in [0.2, 0.25) is 0 Å². The van der Waals surface area contributed by atoms with E-state index in [0.29, 0.717) is 18.4 Å². The molecule has 0 bridgehead atoms. The Morgan fingerprint density at radius 3 is 3.00 bits per heavy atom. The first-order valence-electron chi connectivity index (χ1n) is 7.34. The molecule has 22 heavy (non-hydrogen) atoms. The fourth-order valence-electron chi connectivity index (χ4n) is 2.78. The highest BCUT2D eigenvalue weighted by Gasteiger charge is 2.22. The van der Waals surface area contributed by atoms with Crippen molar-refractivity contribution < 1.29 is 13.5 Å². The van der Waals surface area contributed by atoms with E-state index in [1.807, 2.05) is 24.3 Å². The zero-order chi connectivity index (χ0) is 14.9. The molecule has 0 spiro atoms. The van der Waals surface area contributed by atoms with Crippen LogP contribution in [0.1, 0.15) is 24.4 Å². The smallest absolute Gasteiger partial charge is 0.296 e. The normalized spacial score (nSPS) is 17.6. The number of oxazole rings is 1. The summed E-state index contributed by atoms with van der Waals surface area (Å²) in [4.78, 5) is 4.42. The van der Waals surface area contributed by atoms with Crippen molar-refractivity contribution in [3.05, 3.63) is 53.8 Å². The number of benzene rings is 2. The van der Waals surface area contributed by atoms with E-state index in [4.69, 9.17) is 9.15 Å². The van der Waals surface area contributed by atoms with Gasteiger partial charge in [-0.05, 0) is 43.2 Å². The van der Waals surface area contributed by atoms with E-state index in [2.05, 4.69) is 10.3 Å². The molecule has 0 fully saturated rings. The molecule has 5 heteroatoms. The van der Waals surface area contributed by atoms with Gasteiger partial charge in [0.15, 0.2) is 5.58 Å². The van der Waals surface area contributed by atoms with Gasteiger partial charge in [-0.25, -0.2) is 4.39 Å². The number of ether oxygens (including phenoxy) is 1. The van der Waals surface area contributed by atoms with Crippen LogP contribution in [-0.4, -0.2) is 11.6 Å². The van der Waals surface area contributed by atoms with E-state index < -0.39 is 0 Å². The second-order valence-corrected chi connectivity index (χ2v) is 5.36. The zero-order valence-electron chi connectivity index (χ0n) is 11.9. The summed E-state index contributed by atoms with van der Waals surface area (Å²) in [5, 5.41) is 3.27. The molecule has 1 aliphatic rings. The second kappa shape index (κ2) is 5.33. The molecule has 2 aromatic carbocycles. The maximum Gasteiger partial charge on any atom is 0.296 e. The number of aromatic nitrogens is 1. The molecule has 1 N–H and O–H groups in total. The van der Waals surface area contributed by atoms with Crippen molar-refractivity contribution in [3.8, 4) is 5.75 Å². The lowest BCUT2D eigenvalue weighted by Gasteiger charge is -2.17. The van der Waals surface area contributed by atoms with Crippen LogP contribution >= 0.6 is 0 Å². The van der Waals surface area contributed by atoms with Crippen molar-refractivity contribution in [2.24, 2.45) is 0 Å². The quantitative estimate of drug-likeness (QED) is 0.766. The van der Waals surface area contributed by atoms with Crippen molar-refractivity contribution >= 4 is 17.1 Å². The van der Waals surface area contributed by atoms with E-state index in [-0.39, 0.29) is 11.9 Å². The predicted octanol–water partition coefficient (Wildman–Crippen LogP) is 4.29. The third kappa shape index (κ3) is 2.39. The summed E-state index contributed by atoms with van der Waals surface area (Å²) < 4.78 is 25.0. The Morgan fingerprint density at radius 1 is 1.18 bits per heavy atom. The summed E-state index contributed by atoms with van der Waals surface area (Å²) in [5.74, 6) is 0.445. The lowest BCUT2D eigenvalue weighted by Crippen LogP contribution is -2.10. The Hall–Kier alpha value is -2.56. The molecule has 2 heterocycles. The van der Waals surface area contributed by atoms with Gasteiger partial charge >= 0.3 is 0 Å². The van der Waals surface area contributed by atoms with Crippen LogP contribution in [0.3, 0.4) is 0 Å². The summed E-state index contributed by atoms with van der Waals surface area (Å²) >= 11 is 0. The van der Waals surface area contributed by atoms with Crippen LogP contribution in [0.15, 0.2) is 46.9 Å². The van der Waals surface area contributed by atoms with Crippen molar-refractivity contribution in [2.45, 2.75) is 18.9 Å². The molecule has 0 amide bonds. The number of para-hydroxylation sites is 2. The lowest BCUT2D eigenvalue weighted by molar-refractivity contribution is 0.316. The first kappa shape index (κ1) is 13.1. The molecule has 0 aliphatic carbocycles. The Kier molecular flexibility index (Phi) is 3.18. The largest absolute Gasteiger partial charge is 0.493 e. The van der Waals surface area contributed by atoms with Crippen LogP contribution in [0.25, 0.3) is 11.1 Å². The van der Waals surface area contributed by atoms with Crippen LogP contribution in [-0.2, 0) is 0 Å². The lowest BCUT2D eigenvalue weighted by atomic mass is 10.0. The molecule has 1 atom stereocenters. The molecule has 112 valence electrons. The summed E-state index contributed by atoms with van der Waals surface area (Å²) in [6, 6.07) is 12.6. The standard InChI is InChI=1S/C17H15FN2O2/c18-11-7-8-15-12(10-11)13(5-3-9-21-15)19-17-20-14-4-1-2-6-16(14)22-17/h1-2,4,6-8,10,13H,3,5,9H2,(H,19,20). The molecule has 0 saturated heterocycles. The fraction of sp³-hybridized carbons (Fsp3) is 0.235. The molecule has 1 unspecified atom stereocenters. The number of nitrogens with zero attached hydrogens (tertiary/aromatic N) is 1. The maximum absolute atomic E-state index is 13.6. The molecule has 0 radical (unpaired) electrons. The molecule has 0 saturated carbocycles. The van der Waals surface area contributed by atoms with E-state index in [1.54, 1.807) is 6.07 Å². The molecule has 4 rings (SSSR count). The highest BCUT2D eigenvalue weighted by atomic mass is 19.1. The van der Waals surface area contributed by atoms with Crippen LogP contribution < -0.4 is 10.1 Å². The maximum atomic E-state index is 13.6. The van der Waals surface area contributed by atoms with Gasteiger partial charge in [0.2, 0.25) is 0 Å². The monoisotopic (exact) mass is 298 g/mol. The number of nitrogens with one attached hydrogen (secondary N) is 1. The van der Waals surface area contributed by atoms with Gasteiger partial charge in [0, 0.05) is 5.56 Å². The van der Waals surface area contributed by atoms with Crippen LogP contribution in [0.4, 0.5) is 10.4 Å². The number of rotatable bonds is 2. The van der Waals surface area contributed by atoms with Crippen molar-refractivity contribution in [3.63, 3.8) is 0 Å². The molecule has 1 aromatic heterocycles. The summed E-state index contributed by atoms with van der Waals surface area (Å²) in [6.07, 6.45) is 1.71. The minimum Gasteiger partial charge on any atom is -0.493 e. The molecule has 3 aromatic rings. The van der Waals surface area contributed by atoms with Crippen LogP contribution in [0, 0.1) is 5.82 Å². The highest BCUT2D eigenvalue weighted by Crippen LogP contribution is 2.34. The third-order valence-corrected chi connectivity index (χ3v) is 3.83. The van der Waals surface area contributed by atoms with Gasteiger partial charge in [-0.2, -0.15) is 4.98 Å². The first-order valence-corrected chi connectivity index (χ1v) is 7.34. The Bertz CT molecular complexity index is 782. The summed E-state index contributed by atoms with van der Waals surface area (Å²) in [6.45, 7) is 0.629. The predicted molar refractivity (Wildman–Crippen MR) is 81.5 cm³/mol. The molecule has 1 aliphatic heterocycles. The zero-order valence-corrected chi connectivity index (χ0v) is 11.9. The third-order valence-electron chi connectivity index (χ3n) is 3.83. The van der Waals surface area contributed by atoms with Crippen molar-refractivity contribution in [1.29, 1.82) is 0 Å². The number of hydrogen-bond acceptors (Lipinski definition) is 4. The van der Waals surface area contributed by atoms with Gasteiger partial charge in [0.1, 0.15) is 17.1 Å². The van der Waals surface area contributed by atoms with E-state index >= 15 is 0 Å². The Morgan fingerprint density at radius 2 is 2.09 bits per heavy atom. The summed E-state index contributed by atoms with van der Waals surface area (Å²) in [5.41, 5.74) is 2.34. The molecule has 4 nitrogen and oxygen atoms in total. The highest BCUT2D eigenvalue weighted by molar-refractivity contribution is 5.74. The average molecular weight is 298 g/mol. The van der Waals surface area contributed by atoms with E-state index in [0.717, 1.165) is 29.5 Å². The van der Waals surface area contributed by atoms with Crippen molar-refractivity contribution in [1.82, 2.24) is 4.98 Å². The van der Waals surface area contributed by atoms with Gasteiger partial charge in [-0.3, -0.25) is 0 Å². The average Bonchev–Trinajstić information content (AvgIpc) is 2.83.